The summed E-state index contributed by atoms with van der Waals surface area (Å²) in [6.07, 6.45) is 0. The lowest BCUT2D eigenvalue weighted by Crippen LogP contribution is -2.47. The number of hydrogen-bond donors (Lipinski definition) is 1. The average Bonchev–Trinajstić information content (AvgIpc) is 3.39. The van der Waals surface area contributed by atoms with Gasteiger partial charge in [0.1, 0.15) is 12.3 Å². The highest BCUT2D eigenvalue weighted by Crippen LogP contribution is 2.32. The third-order valence-corrected chi connectivity index (χ3v) is 6.81. The molecule has 9 nitrogen and oxygen atoms in total. The van der Waals surface area contributed by atoms with Crippen molar-refractivity contribution >= 4 is 5.97 Å². The zero-order valence-electron chi connectivity index (χ0n) is 21.5. The molecule has 0 amide bonds. The highest BCUT2D eigenvalue weighted by molar-refractivity contribution is 5.70. The Morgan fingerprint density at radius 1 is 0.947 bits per heavy atom. The number of carbonyl (C=O) groups is 1. The minimum Gasteiger partial charge on any atom is -0.508 e. The number of piperazine rings is 1. The second-order valence-corrected chi connectivity index (χ2v) is 9.38. The van der Waals surface area contributed by atoms with Gasteiger partial charge < -0.3 is 9.84 Å². The van der Waals surface area contributed by atoms with Crippen molar-refractivity contribution in [3.05, 3.63) is 95.6 Å². The molecule has 5 rings (SSSR count). The van der Waals surface area contributed by atoms with Crippen LogP contribution in [0.25, 0.3) is 11.4 Å². The van der Waals surface area contributed by atoms with E-state index in [2.05, 4.69) is 67.8 Å². The van der Waals surface area contributed by atoms with E-state index in [1.165, 1.54) is 10.2 Å². The summed E-state index contributed by atoms with van der Waals surface area (Å²) < 4.78 is 6.49. The summed E-state index contributed by atoms with van der Waals surface area (Å²) in [5.74, 6) is 0.381. The molecule has 0 radical (unpaired) electrons. The van der Waals surface area contributed by atoms with Gasteiger partial charge in [0.2, 0.25) is 0 Å². The molecule has 1 fully saturated rings. The van der Waals surface area contributed by atoms with E-state index in [0.717, 1.165) is 49.4 Å². The molecule has 1 atom stereocenters. The fraction of sp³-hybridized carbons (Fsp3) is 0.310. The first kappa shape index (κ1) is 25.6. The molecule has 0 aliphatic carbocycles. The maximum absolute atomic E-state index is 12.0. The molecule has 1 aromatic heterocycles. The van der Waals surface area contributed by atoms with Crippen molar-refractivity contribution in [3.8, 4) is 17.1 Å². The molecule has 0 saturated carbocycles. The van der Waals surface area contributed by atoms with E-state index < -0.39 is 0 Å². The van der Waals surface area contributed by atoms with Crippen LogP contribution >= 0.6 is 0 Å². The highest BCUT2D eigenvalue weighted by atomic mass is 16.5. The van der Waals surface area contributed by atoms with Gasteiger partial charge in [-0.3, -0.25) is 14.6 Å². The second-order valence-electron chi connectivity index (χ2n) is 9.38. The lowest BCUT2D eigenvalue weighted by Gasteiger charge is -2.40. The number of ether oxygens (including phenoxy) is 1. The van der Waals surface area contributed by atoms with Crippen LogP contribution in [-0.4, -0.2) is 73.9 Å². The topological polar surface area (TPSA) is 96.6 Å². The number of phenols is 1. The second kappa shape index (κ2) is 12.0. The van der Waals surface area contributed by atoms with Crippen LogP contribution in [0.3, 0.4) is 0 Å². The van der Waals surface area contributed by atoms with E-state index >= 15 is 0 Å². The third kappa shape index (κ3) is 6.07. The van der Waals surface area contributed by atoms with Crippen LogP contribution in [0.1, 0.15) is 29.7 Å². The number of aromatic hydroxyl groups is 1. The maximum atomic E-state index is 12.0. The van der Waals surface area contributed by atoms with Crippen molar-refractivity contribution in [1.82, 2.24) is 30.0 Å². The van der Waals surface area contributed by atoms with Crippen LogP contribution in [0, 0.1) is 0 Å². The fourth-order valence-corrected chi connectivity index (χ4v) is 4.99. The standard InChI is InChI=1S/C29H32N6O3/c1-2-38-27(37)21-35-29(30-31-32-35)24-13-11-23(12-14-24)28(25-9-6-10-26(36)19-25)34-17-15-33(16-18-34)20-22-7-4-3-5-8-22/h3-14,19,28,36H,2,15-18,20-21H2,1H3. The molecule has 1 unspecified atom stereocenters. The Labute approximate surface area is 222 Å². The number of rotatable bonds is 9. The van der Waals surface area contributed by atoms with Crippen molar-refractivity contribution in [3.63, 3.8) is 0 Å². The number of benzene rings is 3. The zero-order valence-corrected chi connectivity index (χ0v) is 21.5. The molecule has 38 heavy (non-hydrogen) atoms. The Kier molecular flexibility index (Phi) is 8.06. The van der Waals surface area contributed by atoms with Gasteiger partial charge in [-0.1, -0.05) is 66.7 Å². The van der Waals surface area contributed by atoms with Crippen LogP contribution in [0.5, 0.6) is 5.75 Å². The van der Waals surface area contributed by atoms with Gasteiger partial charge in [0.25, 0.3) is 0 Å². The lowest BCUT2D eigenvalue weighted by molar-refractivity contribution is -0.144. The first-order chi connectivity index (χ1) is 18.6. The van der Waals surface area contributed by atoms with Crippen molar-refractivity contribution in [2.75, 3.05) is 32.8 Å². The minimum atomic E-state index is -0.381. The molecule has 3 aromatic carbocycles. The van der Waals surface area contributed by atoms with Gasteiger partial charge in [-0.05, 0) is 46.2 Å². The summed E-state index contributed by atoms with van der Waals surface area (Å²) in [4.78, 5) is 16.9. The van der Waals surface area contributed by atoms with Gasteiger partial charge in [0.05, 0.1) is 12.6 Å². The number of esters is 1. The molecule has 1 N–H and O–H groups in total. The molecule has 9 heteroatoms. The molecule has 0 bridgehead atoms. The maximum Gasteiger partial charge on any atom is 0.327 e. The Hall–Kier alpha value is -4.08. The number of nitrogens with zero attached hydrogens (tertiary/aromatic N) is 6. The molecule has 2 heterocycles. The normalized spacial score (nSPS) is 15.3. The van der Waals surface area contributed by atoms with Crippen LogP contribution in [0.2, 0.25) is 0 Å². The van der Waals surface area contributed by atoms with Gasteiger partial charge >= 0.3 is 5.97 Å². The number of carbonyl (C=O) groups excluding carboxylic acids is 1. The third-order valence-electron chi connectivity index (χ3n) is 6.81. The minimum absolute atomic E-state index is 0.00875. The summed E-state index contributed by atoms with van der Waals surface area (Å²) >= 11 is 0. The van der Waals surface area contributed by atoms with E-state index in [1.807, 2.05) is 30.3 Å². The Morgan fingerprint density at radius 3 is 2.42 bits per heavy atom. The zero-order chi connectivity index (χ0) is 26.3. The first-order valence-corrected chi connectivity index (χ1v) is 12.9. The molecule has 1 aliphatic heterocycles. The smallest absolute Gasteiger partial charge is 0.327 e. The summed E-state index contributed by atoms with van der Waals surface area (Å²) in [6.45, 7) is 6.72. The van der Waals surface area contributed by atoms with Crippen LogP contribution < -0.4 is 0 Å². The van der Waals surface area contributed by atoms with Gasteiger partial charge in [-0.2, -0.15) is 0 Å². The predicted molar refractivity (Wildman–Crippen MR) is 143 cm³/mol. The predicted octanol–water partition coefficient (Wildman–Crippen LogP) is 3.52. The van der Waals surface area contributed by atoms with E-state index in [1.54, 1.807) is 13.0 Å². The Bertz CT molecular complexity index is 1330. The first-order valence-electron chi connectivity index (χ1n) is 12.9. The lowest BCUT2D eigenvalue weighted by atomic mass is 9.95. The van der Waals surface area contributed by atoms with Gasteiger partial charge in [-0.15, -0.1) is 5.10 Å². The number of aromatic nitrogens is 4. The molecular weight excluding hydrogens is 480 g/mol. The van der Waals surface area contributed by atoms with E-state index in [0.29, 0.717) is 12.4 Å². The average molecular weight is 513 g/mol. The summed E-state index contributed by atoms with van der Waals surface area (Å²) in [5, 5.41) is 22.1. The number of phenolic OH excluding ortho intramolecular Hbond substituents is 1. The molecular formula is C29H32N6O3. The van der Waals surface area contributed by atoms with Crippen molar-refractivity contribution in [1.29, 1.82) is 0 Å². The van der Waals surface area contributed by atoms with Crippen LogP contribution in [0.4, 0.5) is 0 Å². The Morgan fingerprint density at radius 2 is 1.71 bits per heavy atom. The molecule has 196 valence electrons. The number of tetrazole rings is 1. The fourth-order valence-electron chi connectivity index (χ4n) is 4.99. The van der Waals surface area contributed by atoms with Gasteiger partial charge in [-0.25, -0.2) is 4.68 Å². The largest absolute Gasteiger partial charge is 0.508 e. The Balaban J connectivity index is 1.35. The van der Waals surface area contributed by atoms with E-state index in [-0.39, 0.29) is 24.3 Å². The van der Waals surface area contributed by atoms with Crippen molar-refractivity contribution in [2.45, 2.75) is 26.1 Å². The quantitative estimate of drug-likeness (QED) is 0.341. The molecule has 1 saturated heterocycles. The molecule has 1 aliphatic rings. The molecule has 0 spiro atoms. The summed E-state index contributed by atoms with van der Waals surface area (Å²) in [6, 6.07) is 26.2. The monoisotopic (exact) mass is 512 g/mol. The van der Waals surface area contributed by atoms with Crippen molar-refractivity contribution < 1.29 is 14.6 Å². The summed E-state index contributed by atoms with van der Waals surface area (Å²) in [7, 11) is 0. The van der Waals surface area contributed by atoms with E-state index in [4.69, 9.17) is 4.74 Å². The van der Waals surface area contributed by atoms with Crippen molar-refractivity contribution in [2.24, 2.45) is 0 Å². The van der Waals surface area contributed by atoms with E-state index in [9.17, 15) is 9.90 Å². The highest BCUT2D eigenvalue weighted by Gasteiger charge is 2.27. The number of hydrogen-bond acceptors (Lipinski definition) is 8. The van der Waals surface area contributed by atoms with Gasteiger partial charge in [0.15, 0.2) is 5.82 Å². The van der Waals surface area contributed by atoms with Crippen LogP contribution in [-0.2, 0) is 22.6 Å². The van der Waals surface area contributed by atoms with Crippen LogP contribution in [0.15, 0.2) is 78.9 Å². The summed E-state index contributed by atoms with van der Waals surface area (Å²) in [5.41, 5.74) is 4.29. The van der Waals surface area contributed by atoms with Gasteiger partial charge in [0, 0.05) is 38.3 Å². The molecule has 4 aromatic rings. The SMILES string of the molecule is CCOC(=O)Cn1nnnc1-c1ccc(C(c2cccc(O)c2)N2CCN(Cc3ccccc3)CC2)cc1.